The summed E-state index contributed by atoms with van der Waals surface area (Å²) in [6, 6.07) is 5.95. The van der Waals surface area contributed by atoms with Crippen molar-refractivity contribution in [3.05, 3.63) is 47.0 Å². The molecule has 1 saturated carbocycles. The van der Waals surface area contributed by atoms with Gasteiger partial charge in [0, 0.05) is 12.6 Å². The van der Waals surface area contributed by atoms with Crippen molar-refractivity contribution in [3.8, 4) is 10.4 Å². The topological polar surface area (TPSA) is 76.3 Å². The molecule has 1 aromatic carbocycles. The molecule has 1 aliphatic carbocycles. The van der Waals surface area contributed by atoms with Crippen LogP contribution in [0.4, 0.5) is 0 Å². The first-order valence-electron chi connectivity index (χ1n) is 8.73. The third kappa shape index (κ3) is 2.39. The van der Waals surface area contributed by atoms with E-state index in [1.807, 2.05) is 13.0 Å². The van der Waals surface area contributed by atoms with Crippen molar-refractivity contribution >= 4 is 23.2 Å². The highest BCUT2D eigenvalue weighted by molar-refractivity contribution is 7.15. The molecule has 5 nitrogen and oxygen atoms in total. The number of fused-ring (bicyclic) bond motifs is 1. The predicted octanol–water partition coefficient (Wildman–Crippen LogP) is 2.89. The second kappa shape index (κ2) is 5.64. The minimum Gasteiger partial charge on any atom is -0.369 e. The Morgan fingerprint density at radius 2 is 2.04 bits per heavy atom. The minimum absolute atomic E-state index is 0.0775. The van der Waals surface area contributed by atoms with E-state index in [1.165, 1.54) is 22.5 Å². The Bertz CT molecular complexity index is 935. The van der Waals surface area contributed by atoms with E-state index in [9.17, 15) is 9.59 Å². The van der Waals surface area contributed by atoms with E-state index < -0.39 is 5.41 Å². The maximum Gasteiger partial charge on any atom is 0.274 e. The lowest BCUT2D eigenvalue weighted by Gasteiger charge is -2.24. The number of piperidine rings is 1. The molecule has 2 aliphatic rings. The van der Waals surface area contributed by atoms with Gasteiger partial charge in [0.25, 0.3) is 5.91 Å². The van der Waals surface area contributed by atoms with Crippen molar-refractivity contribution in [1.29, 1.82) is 0 Å². The largest absolute Gasteiger partial charge is 0.369 e. The van der Waals surface area contributed by atoms with Gasteiger partial charge in [-0.1, -0.05) is 18.2 Å². The summed E-state index contributed by atoms with van der Waals surface area (Å²) in [4.78, 5) is 32.1. The van der Waals surface area contributed by atoms with E-state index in [1.54, 1.807) is 4.90 Å². The first-order chi connectivity index (χ1) is 12.2. The molecule has 3 atom stereocenters. The van der Waals surface area contributed by atoms with Gasteiger partial charge in [0.2, 0.25) is 5.91 Å². The van der Waals surface area contributed by atoms with Gasteiger partial charge in [0.05, 0.1) is 15.3 Å². The van der Waals surface area contributed by atoms with Crippen molar-refractivity contribution in [1.82, 2.24) is 9.88 Å². The predicted molar refractivity (Wildman–Crippen MR) is 102 cm³/mol. The first-order valence-corrected chi connectivity index (χ1v) is 9.55. The zero-order valence-electron chi connectivity index (χ0n) is 15.2. The van der Waals surface area contributed by atoms with Gasteiger partial charge in [-0.25, -0.2) is 4.98 Å². The van der Waals surface area contributed by atoms with E-state index >= 15 is 0 Å². The van der Waals surface area contributed by atoms with Gasteiger partial charge in [-0.3, -0.25) is 9.59 Å². The van der Waals surface area contributed by atoms with Crippen LogP contribution in [0.5, 0.6) is 0 Å². The molecule has 1 aromatic heterocycles. The normalized spacial score (nSPS) is 26.7. The number of hydrogen-bond donors (Lipinski definition) is 1. The van der Waals surface area contributed by atoms with Crippen molar-refractivity contribution < 1.29 is 9.59 Å². The average molecular weight is 368 g/mol. The number of nitrogens with two attached hydrogens (primary N) is 1. The molecule has 26 heavy (non-hydrogen) atoms. The zero-order valence-corrected chi connectivity index (χ0v) is 16.0. The summed E-state index contributed by atoms with van der Waals surface area (Å²) in [5.74, 6) is -0.403. The molecule has 6 heteroatoms. The number of carbonyl (C=O) groups is 2. The summed E-state index contributed by atoms with van der Waals surface area (Å²) < 4.78 is 0. The van der Waals surface area contributed by atoms with Crippen LogP contribution in [0.2, 0.25) is 0 Å². The van der Waals surface area contributed by atoms with Crippen LogP contribution in [0.1, 0.15) is 33.0 Å². The van der Waals surface area contributed by atoms with E-state index in [0.717, 1.165) is 21.9 Å². The zero-order chi connectivity index (χ0) is 18.8. The Hall–Kier alpha value is -2.21. The Morgan fingerprint density at radius 1 is 1.31 bits per heavy atom. The van der Waals surface area contributed by atoms with Gasteiger partial charge >= 0.3 is 0 Å². The third-order valence-corrected chi connectivity index (χ3v) is 6.93. The summed E-state index contributed by atoms with van der Waals surface area (Å²) in [6.07, 6.45) is 0.736. The van der Waals surface area contributed by atoms with E-state index in [4.69, 9.17) is 5.73 Å². The van der Waals surface area contributed by atoms with E-state index in [0.29, 0.717) is 12.2 Å². The standard InChI is InChI=1S/C20H22N3O2S/c1-10-5-6-14(7-11(10)2)17-16(22-13(4)26-17)18(24)23-9-20(19(21)25)8-15(20)12(23)3/h5-7,12,15H,3,8-9H2,1-2,4H3,(H2,21,25)/t12-,15+,20-/m0/s1. The number of benzene rings is 1. The average Bonchev–Trinajstić information content (AvgIpc) is 3.10. The fourth-order valence-electron chi connectivity index (χ4n) is 4.03. The minimum atomic E-state index is -0.576. The molecule has 2 fully saturated rings. The lowest BCUT2D eigenvalue weighted by Crippen LogP contribution is -2.39. The molecule has 0 spiro atoms. The van der Waals surface area contributed by atoms with Gasteiger partial charge in [-0.05, 0) is 56.7 Å². The molecular formula is C20H22N3O2S. The molecule has 1 saturated heterocycles. The molecule has 2 aromatic rings. The highest BCUT2D eigenvalue weighted by Crippen LogP contribution is 2.60. The van der Waals surface area contributed by atoms with Crippen LogP contribution in [-0.4, -0.2) is 34.3 Å². The van der Waals surface area contributed by atoms with Crippen LogP contribution in [0.15, 0.2) is 18.2 Å². The molecule has 0 unspecified atom stereocenters. The highest BCUT2D eigenvalue weighted by Gasteiger charge is 2.68. The highest BCUT2D eigenvalue weighted by atomic mass is 32.1. The number of aryl methyl sites for hydroxylation is 3. The number of amides is 2. The van der Waals surface area contributed by atoms with Crippen LogP contribution >= 0.6 is 11.3 Å². The number of hydrogen-bond acceptors (Lipinski definition) is 4. The van der Waals surface area contributed by atoms with Gasteiger partial charge in [-0.15, -0.1) is 11.3 Å². The molecule has 1 radical (unpaired) electrons. The second-order valence-electron chi connectivity index (χ2n) is 7.54. The number of rotatable bonds is 3. The second-order valence-corrected chi connectivity index (χ2v) is 8.74. The number of thiazole rings is 1. The number of nitrogens with zero attached hydrogens (tertiary/aromatic N) is 2. The molecule has 2 amide bonds. The van der Waals surface area contributed by atoms with Crippen LogP contribution < -0.4 is 5.73 Å². The molecular weight excluding hydrogens is 346 g/mol. The van der Waals surface area contributed by atoms with E-state index in [2.05, 4.69) is 37.9 Å². The van der Waals surface area contributed by atoms with Gasteiger partial charge in [0.1, 0.15) is 5.69 Å². The summed E-state index contributed by atoms with van der Waals surface area (Å²) in [6.45, 7) is 10.5. The van der Waals surface area contributed by atoms with Crippen LogP contribution in [-0.2, 0) is 4.79 Å². The van der Waals surface area contributed by atoms with E-state index in [-0.39, 0.29) is 23.8 Å². The monoisotopic (exact) mass is 368 g/mol. The number of carbonyl (C=O) groups excluding carboxylic acids is 2. The molecule has 2 N–H and O–H groups in total. The molecule has 0 bridgehead atoms. The van der Waals surface area contributed by atoms with Crippen molar-refractivity contribution in [2.24, 2.45) is 17.1 Å². The van der Waals surface area contributed by atoms with Crippen LogP contribution in [0, 0.1) is 39.0 Å². The van der Waals surface area contributed by atoms with Gasteiger partial charge in [0.15, 0.2) is 0 Å². The summed E-state index contributed by atoms with van der Waals surface area (Å²) in [7, 11) is 0. The van der Waals surface area contributed by atoms with Crippen molar-refractivity contribution in [2.45, 2.75) is 33.2 Å². The Morgan fingerprint density at radius 3 is 2.65 bits per heavy atom. The molecule has 1 aliphatic heterocycles. The number of primary amides is 1. The van der Waals surface area contributed by atoms with Gasteiger partial charge < -0.3 is 10.6 Å². The first kappa shape index (κ1) is 17.2. The molecule has 135 valence electrons. The molecule has 4 rings (SSSR count). The Balaban J connectivity index is 1.70. The Kier molecular flexibility index (Phi) is 3.74. The van der Waals surface area contributed by atoms with Crippen molar-refractivity contribution in [2.75, 3.05) is 6.54 Å². The maximum absolute atomic E-state index is 13.2. The fourth-order valence-corrected chi connectivity index (χ4v) is 4.93. The maximum atomic E-state index is 13.2. The number of likely N-dealkylation sites (tertiary alicyclic amines) is 1. The smallest absolute Gasteiger partial charge is 0.274 e. The fraction of sp³-hybridized carbons (Fsp3) is 0.400. The van der Waals surface area contributed by atoms with Crippen molar-refractivity contribution in [3.63, 3.8) is 0 Å². The summed E-state index contributed by atoms with van der Waals surface area (Å²) in [5, 5.41) is 0.844. The SMILES string of the molecule is [CH2][C@H]1[C@H]2C[C@]2(C(N)=O)CN1C(=O)c1nc(C)sc1-c1ccc(C)c(C)c1. The van der Waals surface area contributed by atoms with Gasteiger partial charge in [-0.2, -0.15) is 0 Å². The van der Waals surface area contributed by atoms with Crippen LogP contribution in [0.25, 0.3) is 10.4 Å². The molecule has 2 heterocycles. The summed E-state index contributed by atoms with van der Waals surface area (Å²) >= 11 is 1.52. The quantitative estimate of drug-likeness (QED) is 0.905. The van der Waals surface area contributed by atoms with Crippen LogP contribution in [0.3, 0.4) is 0 Å². The Labute approximate surface area is 157 Å². The lowest BCUT2D eigenvalue weighted by molar-refractivity contribution is -0.123. The lowest BCUT2D eigenvalue weighted by atomic mass is 10.0. The number of aromatic nitrogens is 1. The third-order valence-electron chi connectivity index (χ3n) is 5.91. The summed E-state index contributed by atoms with van der Waals surface area (Å²) in [5.41, 5.74) is 8.83.